The summed E-state index contributed by atoms with van der Waals surface area (Å²) in [6.45, 7) is 15.0. The van der Waals surface area contributed by atoms with E-state index in [4.69, 9.17) is 9.47 Å². The first-order valence-corrected chi connectivity index (χ1v) is 8.92. The molecule has 0 N–H and O–H groups in total. The summed E-state index contributed by atoms with van der Waals surface area (Å²) in [5.41, 5.74) is 2.42. The number of ether oxygens (including phenoxy) is 2. The van der Waals surface area contributed by atoms with Crippen molar-refractivity contribution >= 4 is 0 Å². The maximum Gasteiger partial charge on any atom is 0.0496 e. The van der Waals surface area contributed by atoms with Crippen LogP contribution in [0.25, 0.3) is 0 Å². The topological polar surface area (TPSA) is 18.5 Å². The second kappa shape index (κ2) is 25.7. The van der Waals surface area contributed by atoms with Crippen molar-refractivity contribution in [2.75, 3.05) is 13.2 Å². The smallest absolute Gasteiger partial charge is 0.0496 e. The molecule has 0 saturated carbocycles. The third kappa shape index (κ3) is 19.6. The van der Waals surface area contributed by atoms with Crippen molar-refractivity contribution < 1.29 is 42.2 Å². The molecule has 0 bridgehead atoms. The van der Waals surface area contributed by atoms with E-state index in [1.807, 2.05) is 90.1 Å². The van der Waals surface area contributed by atoms with Crippen LogP contribution in [0.2, 0.25) is 0 Å². The molecule has 2 rings (SSSR count). The molecule has 0 heterocycles. The van der Waals surface area contributed by atoms with E-state index in [2.05, 4.69) is 12.1 Å². The fraction of sp³-hybridized carbons (Fsp3) is 0.455. The molecule has 0 spiro atoms. The van der Waals surface area contributed by atoms with E-state index < -0.39 is 0 Å². The Morgan fingerprint density at radius 3 is 1.16 bits per heavy atom. The Balaban J connectivity index is -0.000000312. The maximum absolute atomic E-state index is 5.21. The van der Waals surface area contributed by atoms with Crippen LogP contribution < -0.4 is 0 Å². The third-order valence-electron chi connectivity index (χ3n) is 2.52. The van der Waals surface area contributed by atoms with Gasteiger partial charge in [-0.2, -0.15) is 60.7 Å². The van der Waals surface area contributed by atoms with E-state index >= 15 is 0 Å². The molecule has 3 heteroatoms. The van der Waals surface area contributed by atoms with Crippen molar-refractivity contribution in [3.8, 4) is 0 Å². The monoisotopic (exact) mass is 419 g/mol. The van der Waals surface area contributed by atoms with E-state index in [0.29, 0.717) is 13.2 Å². The molecular weight excluding hydrogens is 385 g/mol. The minimum absolute atomic E-state index is 0. The molecule has 0 aromatic heterocycles. The molecule has 0 aliphatic rings. The molecule has 0 aliphatic carbocycles. The van der Waals surface area contributed by atoms with E-state index in [1.54, 1.807) is 0 Å². The van der Waals surface area contributed by atoms with Crippen LogP contribution in [-0.4, -0.2) is 13.2 Å². The van der Waals surface area contributed by atoms with Gasteiger partial charge in [0.1, 0.15) is 0 Å². The molecule has 0 aliphatic heterocycles. The number of benzene rings is 2. The predicted octanol–water partition coefficient (Wildman–Crippen LogP) is 6.10. The van der Waals surface area contributed by atoms with Crippen LogP contribution in [0, 0.1) is 12.1 Å². The Kier molecular flexibility index (Phi) is 30.1. The van der Waals surface area contributed by atoms with Crippen LogP contribution in [-0.2, 0) is 55.4 Å². The average Bonchev–Trinajstić information content (AvgIpc) is 2.70. The standard InChI is InChI=1S/2C9H11O.2C2H6.Y/c2*1-2-10-8-9-6-4-3-5-7-9;2*1-2;/h2*4-7H,2,8H2,1H3;2*1-2H3;/q2*-1;;;. The summed E-state index contributed by atoms with van der Waals surface area (Å²) in [5, 5.41) is 0. The fourth-order valence-electron chi connectivity index (χ4n) is 1.48. The Labute approximate surface area is 181 Å². The number of hydrogen-bond acceptors (Lipinski definition) is 2. The fourth-order valence-corrected chi connectivity index (χ4v) is 1.48. The molecule has 2 nitrogen and oxygen atoms in total. The van der Waals surface area contributed by atoms with Crippen molar-refractivity contribution in [2.24, 2.45) is 0 Å². The first kappa shape index (κ1) is 29.2. The molecule has 2 aromatic rings. The van der Waals surface area contributed by atoms with E-state index in [-0.39, 0.29) is 32.7 Å². The first-order chi connectivity index (χ1) is 11.9. The van der Waals surface area contributed by atoms with Gasteiger partial charge in [0.25, 0.3) is 0 Å². The van der Waals surface area contributed by atoms with Gasteiger partial charge in [0.2, 0.25) is 0 Å². The summed E-state index contributed by atoms with van der Waals surface area (Å²) in [6, 6.07) is 21.5. The predicted molar refractivity (Wildman–Crippen MR) is 104 cm³/mol. The van der Waals surface area contributed by atoms with E-state index in [9.17, 15) is 0 Å². The largest absolute Gasteiger partial charge is 0.379 e. The molecule has 0 fully saturated rings. The summed E-state index contributed by atoms with van der Waals surface area (Å²) < 4.78 is 10.4. The van der Waals surface area contributed by atoms with Gasteiger partial charge < -0.3 is 9.47 Å². The van der Waals surface area contributed by atoms with Gasteiger partial charge in [0.15, 0.2) is 0 Å². The van der Waals surface area contributed by atoms with Crippen molar-refractivity contribution in [1.29, 1.82) is 0 Å². The summed E-state index contributed by atoms with van der Waals surface area (Å²) >= 11 is 0. The Morgan fingerprint density at radius 1 is 0.640 bits per heavy atom. The molecule has 139 valence electrons. The first-order valence-electron chi connectivity index (χ1n) is 8.92. The van der Waals surface area contributed by atoms with Crippen molar-refractivity contribution in [1.82, 2.24) is 0 Å². The molecule has 25 heavy (non-hydrogen) atoms. The van der Waals surface area contributed by atoms with E-state index in [1.165, 1.54) is 11.1 Å². The zero-order chi connectivity index (χ0) is 18.5. The van der Waals surface area contributed by atoms with Crippen LogP contribution in [0.4, 0.5) is 0 Å². The van der Waals surface area contributed by atoms with Gasteiger partial charge in [-0.05, 0) is 13.8 Å². The quantitative estimate of drug-likeness (QED) is 0.527. The molecule has 1 radical (unpaired) electrons. The number of rotatable bonds is 6. The minimum atomic E-state index is 0. The van der Waals surface area contributed by atoms with Gasteiger partial charge >= 0.3 is 0 Å². The van der Waals surface area contributed by atoms with Crippen LogP contribution >= 0.6 is 0 Å². The average molecular weight is 419 g/mol. The molecule has 0 amide bonds. The zero-order valence-electron chi connectivity index (χ0n) is 16.8. The van der Waals surface area contributed by atoms with Gasteiger partial charge in [-0.15, -0.1) is 11.1 Å². The second-order valence-electron chi connectivity index (χ2n) is 4.09. The van der Waals surface area contributed by atoms with Crippen LogP contribution in [0.3, 0.4) is 0 Å². The molecule has 2 aromatic carbocycles. The zero-order valence-corrected chi connectivity index (χ0v) is 19.7. The SMILES string of the molecule is CC.CC.CCOCc1cc[c-]cc1.CCOCc1cc[c-]cc1.[Y]. The Bertz CT molecular complexity index is 389. The van der Waals surface area contributed by atoms with Crippen LogP contribution in [0.15, 0.2) is 48.5 Å². The van der Waals surface area contributed by atoms with Gasteiger partial charge in [-0.1, -0.05) is 27.7 Å². The normalized spacial score (nSPS) is 8.24. The summed E-state index contributed by atoms with van der Waals surface area (Å²) in [7, 11) is 0. The minimum Gasteiger partial charge on any atom is -0.379 e. The summed E-state index contributed by atoms with van der Waals surface area (Å²) in [5.74, 6) is 0. The van der Waals surface area contributed by atoms with Crippen LogP contribution in [0.1, 0.15) is 52.7 Å². The third-order valence-corrected chi connectivity index (χ3v) is 2.52. The van der Waals surface area contributed by atoms with Gasteiger partial charge in [0, 0.05) is 59.1 Å². The molecule has 0 unspecified atom stereocenters. The maximum atomic E-state index is 5.21. The summed E-state index contributed by atoms with van der Waals surface area (Å²) in [6.07, 6.45) is 0. The second-order valence-corrected chi connectivity index (χ2v) is 4.09. The van der Waals surface area contributed by atoms with Gasteiger partial charge in [-0.3, -0.25) is 0 Å². The van der Waals surface area contributed by atoms with Crippen LogP contribution in [0.5, 0.6) is 0 Å². The van der Waals surface area contributed by atoms with Crippen molar-refractivity contribution in [2.45, 2.75) is 54.8 Å². The van der Waals surface area contributed by atoms with Gasteiger partial charge in [-0.25, -0.2) is 0 Å². The van der Waals surface area contributed by atoms with E-state index in [0.717, 1.165) is 13.2 Å². The van der Waals surface area contributed by atoms with Gasteiger partial charge in [0.05, 0.1) is 0 Å². The molecular formula is C22H34O2Y-2. The Morgan fingerprint density at radius 2 is 0.920 bits per heavy atom. The molecule has 0 atom stereocenters. The van der Waals surface area contributed by atoms with Crippen molar-refractivity contribution in [3.05, 3.63) is 71.8 Å². The van der Waals surface area contributed by atoms with Crippen molar-refractivity contribution in [3.63, 3.8) is 0 Å². The summed E-state index contributed by atoms with van der Waals surface area (Å²) in [4.78, 5) is 0. The molecule has 0 saturated heterocycles. The number of hydrogen-bond donors (Lipinski definition) is 0. The Hall–Kier alpha value is -0.536.